The molecule has 5 nitrogen and oxygen atoms in total. The van der Waals surface area contributed by atoms with Crippen LogP contribution in [0, 0.1) is 6.92 Å². The fourth-order valence-electron chi connectivity index (χ4n) is 2.45. The summed E-state index contributed by atoms with van der Waals surface area (Å²) in [5.41, 5.74) is 0. The van der Waals surface area contributed by atoms with E-state index in [1.54, 1.807) is 11.3 Å². The van der Waals surface area contributed by atoms with Gasteiger partial charge in [-0.15, -0.1) is 11.3 Å². The quantitative estimate of drug-likeness (QED) is 0.896. The van der Waals surface area contributed by atoms with Crippen LogP contribution in [0.3, 0.4) is 0 Å². The second-order valence-corrected chi connectivity index (χ2v) is 6.60. The molecule has 1 saturated heterocycles. The maximum absolute atomic E-state index is 11.7. The molecule has 2 rings (SSSR count). The molecule has 0 aromatic carbocycles. The first-order chi connectivity index (χ1) is 9.52. The van der Waals surface area contributed by atoms with Gasteiger partial charge < -0.3 is 10.1 Å². The topological polar surface area (TPSA) is 53.6 Å². The molecule has 0 unspecified atom stereocenters. The highest BCUT2D eigenvalue weighted by atomic mass is 32.1. The van der Waals surface area contributed by atoms with E-state index in [0.717, 1.165) is 24.6 Å². The summed E-state index contributed by atoms with van der Waals surface area (Å²) in [7, 11) is 0. The van der Waals surface area contributed by atoms with E-state index in [4.69, 9.17) is 4.74 Å². The third kappa shape index (κ3) is 4.77. The summed E-state index contributed by atoms with van der Waals surface area (Å²) in [6.45, 7) is 9.55. The summed E-state index contributed by atoms with van der Waals surface area (Å²) in [5.74, 6) is 0. The third-order valence-electron chi connectivity index (χ3n) is 3.19. The Hall–Kier alpha value is -1.11. The van der Waals surface area contributed by atoms with E-state index in [0.29, 0.717) is 6.54 Å². The monoisotopic (exact) mass is 297 g/mol. The predicted molar refractivity (Wildman–Crippen MR) is 82.5 cm³/mol. The molecule has 2 N–H and O–H groups in total. The Morgan fingerprint density at radius 1 is 1.40 bits per heavy atom. The molecule has 0 bridgehead atoms. The largest absolute Gasteiger partial charge is 0.373 e. The number of ether oxygens (including phenoxy) is 1. The van der Waals surface area contributed by atoms with Crippen molar-refractivity contribution in [1.82, 2.24) is 10.2 Å². The van der Waals surface area contributed by atoms with E-state index in [2.05, 4.69) is 29.4 Å². The molecule has 20 heavy (non-hydrogen) atoms. The van der Waals surface area contributed by atoms with Gasteiger partial charge in [0.25, 0.3) is 0 Å². The number of morpholine rings is 1. The Bertz CT molecular complexity index is 439. The van der Waals surface area contributed by atoms with E-state index in [1.165, 1.54) is 4.88 Å². The Morgan fingerprint density at radius 2 is 2.10 bits per heavy atom. The molecule has 6 heteroatoms. The Morgan fingerprint density at radius 3 is 2.70 bits per heavy atom. The molecule has 2 heterocycles. The molecule has 0 spiro atoms. The second-order valence-electron chi connectivity index (χ2n) is 5.31. The van der Waals surface area contributed by atoms with Crippen LogP contribution in [-0.2, 0) is 4.74 Å². The number of amides is 2. The number of aryl methyl sites for hydroxylation is 1. The van der Waals surface area contributed by atoms with Crippen LogP contribution < -0.4 is 10.6 Å². The highest BCUT2D eigenvalue weighted by molar-refractivity contribution is 7.16. The lowest BCUT2D eigenvalue weighted by atomic mass is 10.2. The number of anilines is 1. The average molecular weight is 297 g/mol. The molecule has 2 atom stereocenters. The van der Waals surface area contributed by atoms with Crippen molar-refractivity contribution >= 4 is 22.4 Å². The standard InChI is InChI=1S/C14H23N3O2S/c1-10-8-17(9-11(2)19-10)7-6-15-14(18)16-13-5-4-12(3)20-13/h4-5,10-11H,6-9H2,1-3H3,(H2,15,16,18)/t10-,11-/m1/s1. The first-order valence-electron chi connectivity index (χ1n) is 7.02. The normalized spacial score (nSPS) is 23.6. The van der Waals surface area contributed by atoms with Gasteiger partial charge in [0.15, 0.2) is 0 Å². The fraction of sp³-hybridized carbons (Fsp3) is 0.643. The third-order valence-corrected chi connectivity index (χ3v) is 4.10. The first-order valence-corrected chi connectivity index (χ1v) is 7.83. The summed E-state index contributed by atoms with van der Waals surface area (Å²) in [4.78, 5) is 15.3. The van der Waals surface area contributed by atoms with Crippen molar-refractivity contribution in [2.24, 2.45) is 0 Å². The van der Waals surface area contributed by atoms with Gasteiger partial charge in [-0.2, -0.15) is 0 Å². The molecule has 1 aliphatic rings. The smallest absolute Gasteiger partial charge is 0.319 e. The van der Waals surface area contributed by atoms with Crippen LogP contribution >= 0.6 is 11.3 Å². The van der Waals surface area contributed by atoms with Crippen LogP contribution in [0.5, 0.6) is 0 Å². The van der Waals surface area contributed by atoms with Gasteiger partial charge in [-0.3, -0.25) is 10.2 Å². The van der Waals surface area contributed by atoms with Gasteiger partial charge in [0.2, 0.25) is 0 Å². The van der Waals surface area contributed by atoms with Crippen molar-refractivity contribution in [1.29, 1.82) is 0 Å². The van der Waals surface area contributed by atoms with E-state index < -0.39 is 0 Å². The minimum atomic E-state index is -0.138. The average Bonchev–Trinajstić information content (AvgIpc) is 2.73. The van der Waals surface area contributed by atoms with Gasteiger partial charge in [0.05, 0.1) is 17.2 Å². The van der Waals surface area contributed by atoms with Gasteiger partial charge in [0.1, 0.15) is 0 Å². The zero-order valence-electron chi connectivity index (χ0n) is 12.3. The number of thiophene rings is 1. The molecular formula is C14H23N3O2S. The molecule has 1 aromatic rings. The molecule has 1 fully saturated rings. The fourth-order valence-corrected chi connectivity index (χ4v) is 3.22. The van der Waals surface area contributed by atoms with Crippen LogP contribution in [0.15, 0.2) is 12.1 Å². The lowest BCUT2D eigenvalue weighted by Crippen LogP contribution is -2.48. The number of urea groups is 1. The van der Waals surface area contributed by atoms with E-state index in [-0.39, 0.29) is 18.2 Å². The maximum atomic E-state index is 11.7. The lowest BCUT2D eigenvalue weighted by molar-refractivity contribution is -0.0672. The zero-order chi connectivity index (χ0) is 14.5. The minimum absolute atomic E-state index is 0.138. The number of nitrogens with zero attached hydrogens (tertiary/aromatic N) is 1. The zero-order valence-corrected chi connectivity index (χ0v) is 13.1. The number of hydrogen-bond donors (Lipinski definition) is 2. The van der Waals surface area contributed by atoms with Crippen molar-refractivity contribution in [2.45, 2.75) is 33.0 Å². The van der Waals surface area contributed by atoms with Crippen molar-refractivity contribution in [3.63, 3.8) is 0 Å². The van der Waals surface area contributed by atoms with Crippen LogP contribution in [0.1, 0.15) is 18.7 Å². The highest BCUT2D eigenvalue weighted by Gasteiger charge is 2.21. The Labute approximate surface area is 124 Å². The number of nitrogens with one attached hydrogen (secondary N) is 2. The summed E-state index contributed by atoms with van der Waals surface area (Å²) in [6.07, 6.45) is 0.531. The van der Waals surface area contributed by atoms with Crippen molar-refractivity contribution in [3.05, 3.63) is 17.0 Å². The number of rotatable bonds is 4. The number of carbonyl (C=O) groups is 1. The Kier molecular flexibility index (Phi) is 5.39. The Balaban J connectivity index is 1.66. The molecule has 0 saturated carbocycles. The summed E-state index contributed by atoms with van der Waals surface area (Å²) in [6, 6.07) is 3.78. The predicted octanol–water partition coefficient (Wildman–Crippen LogP) is 2.29. The van der Waals surface area contributed by atoms with Crippen molar-refractivity contribution < 1.29 is 9.53 Å². The van der Waals surface area contributed by atoms with Gasteiger partial charge >= 0.3 is 6.03 Å². The van der Waals surface area contributed by atoms with Gasteiger partial charge in [0, 0.05) is 31.1 Å². The van der Waals surface area contributed by atoms with Crippen LogP contribution in [-0.4, -0.2) is 49.3 Å². The van der Waals surface area contributed by atoms with Gasteiger partial charge in [-0.05, 0) is 32.9 Å². The SMILES string of the molecule is Cc1ccc(NC(=O)NCCN2C[C@@H](C)O[C@H](C)C2)s1. The van der Waals surface area contributed by atoms with Gasteiger partial charge in [-0.25, -0.2) is 4.79 Å². The van der Waals surface area contributed by atoms with Crippen LogP contribution in [0.2, 0.25) is 0 Å². The summed E-state index contributed by atoms with van der Waals surface area (Å²) < 4.78 is 5.69. The molecular weight excluding hydrogens is 274 g/mol. The van der Waals surface area contributed by atoms with E-state index in [1.807, 2.05) is 19.1 Å². The lowest BCUT2D eigenvalue weighted by Gasteiger charge is -2.35. The van der Waals surface area contributed by atoms with Crippen LogP contribution in [0.4, 0.5) is 9.80 Å². The number of hydrogen-bond acceptors (Lipinski definition) is 4. The highest BCUT2D eigenvalue weighted by Crippen LogP contribution is 2.20. The molecule has 0 aliphatic carbocycles. The van der Waals surface area contributed by atoms with Gasteiger partial charge in [-0.1, -0.05) is 0 Å². The minimum Gasteiger partial charge on any atom is -0.373 e. The maximum Gasteiger partial charge on any atom is 0.319 e. The molecule has 2 amide bonds. The van der Waals surface area contributed by atoms with E-state index in [9.17, 15) is 4.79 Å². The summed E-state index contributed by atoms with van der Waals surface area (Å²) >= 11 is 1.58. The first kappa shape index (κ1) is 15.3. The molecule has 112 valence electrons. The summed E-state index contributed by atoms with van der Waals surface area (Å²) in [5, 5.41) is 6.62. The van der Waals surface area contributed by atoms with Crippen molar-refractivity contribution in [3.8, 4) is 0 Å². The molecule has 1 aromatic heterocycles. The van der Waals surface area contributed by atoms with E-state index >= 15 is 0 Å². The molecule has 0 radical (unpaired) electrons. The van der Waals surface area contributed by atoms with Crippen molar-refractivity contribution in [2.75, 3.05) is 31.5 Å². The molecule has 1 aliphatic heterocycles. The van der Waals surface area contributed by atoms with Crippen LogP contribution in [0.25, 0.3) is 0 Å². The number of carbonyl (C=O) groups excluding carboxylic acids is 1. The second kappa shape index (κ2) is 7.06.